The zero-order valence-electron chi connectivity index (χ0n) is 34.1. The Hall–Kier alpha value is -6.48. The Kier molecular flexibility index (Phi) is 10.1. The van der Waals surface area contributed by atoms with Crippen molar-refractivity contribution in [3.63, 3.8) is 0 Å². The molecule has 0 saturated carbocycles. The predicted octanol–water partition coefficient (Wildman–Crippen LogP) is 4.58. The monoisotopic (exact) mass is 821 g/mol. The Morgan fingerprint density at radius 3 is 2.46 bits per heavy atom. The molecule has 15 nitrogen and oxygen atoms in total. The van der Waals surface area contributed by atoms with Crippen LogP contribution in [-0.2, 0) is 38.6 Å². The summed E-state index contributed by atoms with van der Waals surface area (Å²) in [5.41, 5.74) is 8.54. The van der Waals surface area contributed by atoms with E-state index >= 15 is 0 Å². The molecule has 5 amide bonds. The first kappa shape index (κ1) is 38.7. The number of nitrogens with zero attached hydrogens (tertiary/aromatic N) is 7. The summed E-state index contributed by atoms with van der Waals surface area (Å²) < 4.78 is 7.87. The van der Waals surface area contributed by atoms with Gasteiger partial charge in [-0.15, -0.1) is 0 Å². The second kappa shape index (κ2) is 15.8. The highest BCUT2D eigenvalue weighted by Crippen LogP contribution is 2.38. The first-order chi connectivity index (χ1) is 29.7. The van der Waals surface area contributed by atoms with E-state index < -0.39 is 11.9 Å². The third kappa shape index (κ3) is 7.30. The van der Waals surface area contributed by atoms with Crippen molar-refractivity contribution in [1.82, 2.24) is 40.2 Å². The number of hydrogen-bond acceptors (Lipinski definition) is 10. The van der Waals surface area contributed by atoms with Crippen LogP contribution in [0.25, 0.3) is 33.3 Å². The molecule has 15 heteroatoms. The minimum atomic E-state index is -0.644. The average Bonchev–Trinajstić information content (AvgIpc) is 3.83. The molecule has 5 aliphatic rings. The molecular formula is C46H47N9O6. The number of carbonyl (C=O) groups is 5. The molecule has 61 heavy (non-hydrogen) atoms. The van der Waals surface area contributed by atoms with Gasteiger partial charge in [0.05, 0.1) is 17.4 Å². The smallest absolute Gasteiger partial charge is 0.270 e. The predicted molar refractivity (Wildman–Crippen MR) is 225 cm³/mol. The molecule has 3 saturated heterocycles. The van der Waals surface area contributed by atoms with E-state index in [1.54, 1.807) is 24.1 Å². The summed E-state index contributed by atoms with van der Waals surface area (Å²) in [6.07, 6.45) is 8.22. The topological polar surface area (TPSA) is 172 Å². The average molecular weight is 822 g/mol. The molecular weight excluding hydrogens is 775 g/mol. The van der Waals surface area contributed by atoms with E-state index in [-0.39, 0.29) is 42.1 Å². The van der Waals surface area contributed by atoms with Crippen LogP contribution in [0, 0.1) is 0 Å². The van der Waals surface area contributed by atoms with Gasteiger partial charge in [-0.25, -0.2) is 0 Å². The second-order valence-electron chi connectivity index (χ2n) is 16.8. The summed E-state index contributed by atoms with van der Waals surface area (Å²) in [7, 11) is 0. The number of anilines is 1. The van der Waals surface area contributed by atoms with E-state index in [1.807, 2.05) is 47.5 Å². The van der Waals surface area contributed by atoms with E-state index in [4.69, 9.17) is 14.8 Å². The molecule has 8 heterocycles. The zero-order chi connectivity index (χ0) is 41.8. The van der Waals surface area contributed by atoms with E-state index in [1.165, 1.54) is 5.69 Å². The summed E-state index contributed by atoms with van der Waals surface area (Å²) >= 11 is 0. The number of benzene rings is 2. The second-order valence-corrected chi connectivity index (χ2v) is 16.8. The van der Waals surface area contributed by atoms with Crippen LogP contribution in [0.15, 0.2) is 67.0 Å². The summed E-state index contributed by atoms with van der Waals surface area (Å²) in [5, 5.41) is 12.7. The number of ether oxygens (including phenoxy) is 1. The lowest BCUT2D eigenvalue weighted by atomic mass is 9.96. The van der Waals surface area contributed by atoms with Crippen LogP contribution in [-0.4, -0.2) is 104 Å². The van der Waals surface area contributed by atoms with Gasteiger partial charge in [0.25, 0.3) is 11.8 Å². The van der Waals surface area contributed by atoms with E-state index in [0.29, 0.717) is 37.3 Å². The fourth-order valence-corrected chi connectivity index (χ4v) is 9.68. The van der Waals surface area contributed by atoms with E-state index in [2.05, 4.69) is 37.3 Å². The van der Waals surface area contributed by atoms with Crippen molar-refractivity contribution < 1.29 is 28.7 Å². The third-order valence-electron chi connectivity index (χ3n) is 13.1. The standard InChI is InChI=1S/C46H47N9O6/c1-27(56)53-18-13-40-37(26-53)43(51-55(40)32-14-19-61-20-15-32)35-4-2-3-28-22-39(48-24-36(28)35)29-5-8-38(47-23-29)44(58)49-31-11-16-52(17-12-31)33-6-7-34-30(21-33)25-54(46(34)60)41-9-10-42(57)50-45(41)59/h2-8,21-24,31-32,41H,9-20,25-26H2,1H3,(H,49,58)(H,50,57,59). The Morgan fingerprint density at radius 1 is 0.852 bits per heavy atom. The van der Waals surface area contributed by atoms with Gasteiger partial charge in [0.1, 0.15) is 11.7 Å². The number of hydrogen-bond donors (Lipinski definition) is 2. The van der Waals surface area contributed by atoms with Gasteiger partial charge < -0.3 is 24.8 Å². The van der Waals surface area contributed by atoms with Gasteiger partial charge >= 0.3 is 0 Å². The van der Waals surface area contributed by atoms with Crippen molar-refractivity contribution in [2.24, 2.45) is 0 Å². The summed E-state index contributed by atoms with van der Waals surface area (Å²) in [5.74, 6) is -1.07. The molecule has 1 unspecified atom stereocenters. The number of imide groups is 1. The van der Waals surface area contributed by atoms with Gasteiger partial charge in [0.15, 0.2) is 0 Å². The quantitative estimate of drug-likeness (QED) is 0.222. The van der Waals surface area contributed by atoms with Gasteiger partial charge in [-0.1, -0.05) is 18.2 Å². The minimum absolute atomic E-state index is 0.0141. The van der Waals surface area contributed by atoms with Gasteiger partial charge in [0.2, 0.25) is 17.7 Å². The number of amides is 5. The van der Waals surface area contributed by atoms with Crippen molar-refractivity contribution in [3.8, 4) is 22.5 Å². The van der Waals surface area contributed by atoms with Crippen LogP contribution in [0.5, 0.6) is 0 Å². The highest BCUT2D eigenvalue weighted by atomic mass is 16.5. The highest BCUT2D eigenvalue weighted by Gasteiger charge is 2.39. The largest absolute Gasteiger partial charge is 0.381 e. The molecule has 0 spiro atoms. The number of carbonyl (C=O) groups excluding carboxylic acids is 5. The Labute approximate surface area is 352 Å². The Morgan fingerprint density at radius 2 is 1.69 bits per heavy atom. The first-order valence-electron chi connectivity index (χ1n) is 21.3. The highest BCUT2D eigenvalue weighted by molar-refractivity contribution is 6.05. The lowest BCUT2D eigenvalue weighted by molar-refractivity contribution is -0.137. The SMILES string of the molecule is CC(=O)N1CCc2c(c(-c3cccc4cc(-c5ccc(C(=O)NC6CCN(c7ccc8c(c7)CN(C7CCC(=O)NC7=O)C8=O)CC6)nc5)ncc34)nn2C2CCOCC2)C1. The van der Waals surface area contributed by atoms with E-state index in [0.717, 1.165) is 109 Å². The summed E-state index contributed by atoms with van der Waals surface area (Å²) in [6, 6.07) is 17.3. The molecule has 3 aromatic heterocycles. The first-order valence-corrected chi connectivity index (χ1v) is 21.3. The van der Waals surface area contributed by atoms with Crippen LogP contribution < -0.4 is 15.5 Å². The minimum Gasteiger partial charge on any atom is -0.381 e. The Bertz CT molecular complexity index is 2590. The fraction of sp³-hybridized carbons (Fsp3) is 0.391. The number of rotatable bonds is 7. The van der Waals surface area contributed by atoms with Crippen LogP contribution in [0.1, 0.15) is 89.2 Å². The van der Waals surface area contributed by atoms with Crippen LogP contribution >= 0.6 is 0 Å². The molecule has 5 aromatic rings. The maximum Gasteiger partial charge on any atom is 0.270 e. The number of piperidine rings is 2. The Balaban J connectivity index is 0.791. The van der Waals surface area contributed by atoms with Crippen LogP contribution in [0.3, 0.4) is 0 Å². The third-order valence-corrected chi connectivity index (χ3v) is 13.1. The lowest BCUT2D eigenvalue weighted by Crippen LogP contribution is -2.52. The lowest BCUT2D eigenvalue weighted by Gasteiger charge is -2.34. The maximum absolute atomic E-state index is 13.4. The molecule has 0 aliphatic carbocycles. The van der Waals surface area contributed by atoms with Crippen LogP contribution in [0.2, 0.25) is 0 Å². The molecule has 0 bridgehead atoms. The molecule has 5 aliphatic heterocycles. The number of fused-ring (bicyclic) bond motifs is 3. The molecule has 2 N–H and O–H groups in total. The number of pyridine rings is 2. The molecule has 2 aromatic carbocycles. The molecule has 312 valence electrons. The molecule has 3 fully saturated rings. The van der Waals surface area contributed by atoms with E-state index in [9.17, 15) is 24.0 Å². The van der Waals surface area contributed by atoms with Crippen molar-refractivity contribution in [2.75, 3.05) is 37.7 Å². The zero-order valence-corrected chi connectivity index (χ0v) is 34.1. The summed E-state index contributed by atoms with van der Waals surface area (Å²) in [4.78, 5) is 78.2. The van der Waals surface area contributed by atoms with Crippen LogP contribution in [0.4, 0.5) is 5.69 Å². The van der Waals surface area contributed by atoms with Crippen molar-refractivity contribution in [3.05, 3.63) is 95.1 Å². The maximum atomic E-state index is 13.4. The fourth-order valence-electron chi connectivity index (χ4n) is 9.68. The van der Waals surface area contributed by atoms with Crippen molar-refractivity contribution in [2.45, 2.75) is 83.1 Å². The van der Waals surface area contributed by atoms with Gasteiger partial charge in [-0.3, -0.25) is 43.9 Å². The number of nitrogens with one attached hydrogen (secondary N) is 2. The van der Waals surface area contributed by atoms with Gasteiger partial charge in [-0.05, 0) is 79.5 Å². The van der Waals surface area contributed by atoms with Crippen molar-refractivity contribution >= 4 is 46.0 Å². The molecule has 10 rings (SSSR count). The molecule has 1 atom stereocenters. The molecule has 0 radical (unpaired) electrons. The summed E-state index contributed by atoms with van der Waals surface area (Å²) in [6.45, 7) is 6.08. The number of aromatic nitrogens is 4. The normalized spacial score (nSPS) is 19.9. The van der Waals surface area contributed by atoms with Crippen molar-refractivity contribution in [1.29, 1.82) is 0 Å². The van der Waals surface area contributed by atoms with Gasteiger partial charge in [-0.2, -0.15) is 5.10 Å². The van der Waals surface area contributed by atoms with Gasteiger partial charge in [0, 0.05) is 123 Å².